The zero-order valence-corrected chi connectivity index (χ0v) is 19.5. The minimum Gasteiger partial charge on any atom is -0.450 e. The number of ether oxygens (including phenoxy) is 1. The van der Waals surface area contributed by atoms with Crippen molar-refractivity contribution >= 4 is 23.1 Å². The van der Waals surface area contributed by atoms with Crippen LogP contribution >= 0.6 is 11.3 Å². The average molecular weight is 464 g/mol. The largest absolute Gasteiger partial charge is 0.450 e. The molecule has 0 spiro atoms. The fourth-order valence-electron chi connectivity index (χ4n) is 2.84. The molecule has 3 heterocycles. The van der Waals surface area contributed by atoms with Gasteiger partial charge in [0, 0.05) is 41.6 Å². The molecule has 0 bridgehead atoms. The molecule has 0 saturated carbocycles. The molecule has 0 fully saturated rings. The number of pyridine rings is 1. The van der Waals surface area contributed by atoms with E-state index in [4.69, 9.17) is 4.74 Å². The third kappa shape index (κ3) is 6.81. The number of anilines is 1. The van der Waals surface area contributed by atoms with Crippen LogP contribution in [0.5, 0.6) is 0 Å². The van der Waals surface area contributed by atoms with E-state index >= 15 is 0 Å². The zero-order chi connectivity index (χ0) is 23.6. The predicted octanol–water partition coefficient (Wildman–Crippen LogP) is 5.01. The van der Waals surface area contributed by atoms with E-state index in [0.717, 1.165) is 33.2 Å². The van der Waals surface area contributed by atoms with Gasteiger partial charge in [0.2, 0.25) is 0 Å². The Kier molecular flexibility index (Phi) is 8.43. The molecule has 1 N–H and O–H groups in total. The van der Waals surface area contributed by atoms with Crippen molar-refractivity contribution in [1.82, 2.24) is 19.7 Å². The Morgan fingerprint density at radius 3 is 2.58 bits per heavy atom. The number of hydrogen-bond donors (Lipinski definition) is 1. The molecule has 1 amide bonds. The minimum absolute atomic E-state index is 0.0952. The first-order valence-electron chi connectivity index (χ1n) is 10.4. The Labute approximate surface area is 195 Å². The second kappa shape index (κ2) is 11.7. The van der Waals surface area contributed by atoms with Gasteiger partial charge in [-0.05, 0) is 56.7 Å². The molecule has 170 valence electrons. The topological polar surface area (TPSA) is 99.0 Å². The van der Waals surface area contributed by atoms with Gasteiger partial charge in [-0.2, -0.15) is 5.10 Å². The SMILES string of the molecule is CCOC(=O)Nc1cccc(C)c1.CCn1nc(-c2nc(-c3ccncc3)cs2)ccc1=O. The van der Waals surface area contributed by atoms with Gasteiger partial charge in [0.25, 0.3) is 5.56 Å². The van der Waals surface area contributed by atoms with Gasteiger partial charge in [0.1, 0.15) is 10.7 Å². The lowest BCUT2D eigenvalue weighted by Crippen LogP contribution is -2.20. The molecular weight excluding hydrogens is 438 g/mol. The fraction of sp³-hybridized carbons (Fsp3) is 0.208. The van der Waals surface area contributed by atoms with Crippen LogP contribution in [0.4, 0.5) is 10.5 Å². The molecule has 0 atom stereocenters. The summed E-state index contributed by atoms with van der Waals surface area (Å²) in [6, 6.07) is 14.6. The third-order valence-corrected chi connectivity index (χ3v) is 5.27. The summed E-state index contributed by atoms with van der Waals surface area (Å²) in [4.78, 5) is 31.1. The maximum Gasteiger partial charge on any atom is 0.411 e. The Hall–Kier alpha value is -3.85. The fourth-order valence-corrected chi connectivity index (χ4v) is 3.64. The monoisotopic (exact) mass is 463 g/mol. The molecule has 0 unspecified atom stereocenters. The molecule has 9 heteroatoms. The summed E-state index contributed by atoms with van der Waals surface area (Å²) in [6.07, 6.45) is 3.07. The Bertz CT molecular complexity index is 1250. The van der Waals surface area contributed by atoms with Gasteiger partial charge in [0.05, 0.1) is 12.3 Å². The first kappa shape index (κ1) is 23.8. The van der Waals surface area contributed by atoms with E-state index in [0.29, 0.717) is 13.2 Å². The molecule has 8 nitrogen and oxygen atoms in total. The number of hydrogen-bond acceptors (Lipinski definition) is 7. The number of carbonyl (C=O) groups excluding carboxylic acids is 1. The highest BCUT2D eigenvalue weighted by atomic mass is 32.1. The summed E-state index contributed by atoms with van der Waals surface area (Å²) >= 11 is 1.51. The summed E-state index contributed by atoms with van der Waals surface area (Å²) in [5.41, 5.74) is 4.40. The van der Waals surface area contributed by atoms with Crippen LogP contribution in [-0.4, -0.2) is 32.4 Å². The van der Waals surface area contributed by atoms with E-state index in [2.05, 4.69) is 20.4 Å². The number of amides is 1. The molecule has 33 heavy (non-hydrogen) atoms. The van der Waals surface area contributed by atoms with Crippen molar-refractivity contribution in [3.05, 3.63) is 82.2 Å². The third-order valence-electron chi connectivity index (χ3n) is 4.41. The van der Waals surface area contributed by atoms with Gasteiger partial charge in [-0.3, -0.25) is 15.1 Å². The number of aromatic nitrogens is 4. The Morgan fingerprint density at radius 1 is 1.09 bits per heavy atom. The Morgan fingerprint density at radius 2 is 1.88 bits per heavy atom. The molecule has 4 aromatic rings. The number of aryl methyl sites for hydroxylation is 2. The van der Waals surface area contributed by atoms with Gasteiger partial charge < -0.3 is 4.74 Å². The van der Waals surface area contributed by atoms with Gasteiger partial charge in [-0.15, -0.1) is 11.3 Å². The second-order valence-corrected chi connectivity index (χ2v) is 7.72. The van der Waals surface area contributed by atoms with E-state index in [1.54, 1.807) is 25.4 Å². The van der Waals surface area contributed by atoms with Gasteiger partial charge >= 0.3 is 6.09 Å². The van der Waals surface area contributed by atoms with Crippen molar-refractivity contribution in [3.63, 3.8) is 0 Å². The van der Waals surface area contributed by atoms with Crippen LogP contribution in [0.1, 0.15) is 19.4 Å². The molecule has 0 aliphatic heterocycles. The summed E-state index contributed by atoms with van der Waals surface area (Å²) in [5, 5.41) is 9.71. The molecular formula is C24H25N5O3S. The molecule has 0 aliphatic carbocycles. The van der Waals surface area contributed by atoms with Gasteiger partial charge in [-0.25, -0.2) is 14.5 Å². The normalized spacial score (nSPS) is 10.2. The van der Waals surface area contributed by atoms with E-state index in [-0.39, 0.29) is 5.56 Å². The zero-order valence-electron chi connectivity index (χ0n) is 18.7. The predicted molar refractivity (Wildman–Crippen MR) is 130 cm³/mol. The second-order valence-electron chi connectivity index (χ2n) is 6.86. The van der Waals surface area contributed by atoms with Crippen molar-refractivity contribution in [2.24, 2.45) is 0 Å². The molecule has 0 radical (unpaired) electrons. The lowest BCUT2D eigenvalue weighted by atomic mass is 10.2. The number of nitrogens with zero attached hydrogens (tertiary/aromatic N) is 4. The van der Waals surface area contributed by atoms with Crippen LogP contribution in [0.2, 0.25) is 0 Å². The molecule has 0 aliphatic rings. The standard InChI is InChI=1S/C14H12N4OS.C10H13NO2/c1-2-18-13(19)4-3-11(17-18)14-16-12(9-20-14)10-5-7-15-8-6-10;1-3-13-10(12)11-9-6-4-5-8(2)7-9/h3-9H,2H2,1H3;4-7H,3H2,1-2H3,(H,11,12). The first-order valence-corrected chi connectivity index (χ1v) is 11.3. The first-order chi connectivity index (χ1) is 16.0. The number of carbonyl (C=O) groups is 1. The summed E-state index contributed by atoms with van der Waals surface area (Å²) < 4.78 is 6.17. The van der Waals surface area contributed by atoms with Gasteiger partial charge in [-0.1, -0.05) is 12.1 Å². The lowest BCUT2D eigenvalue weighted by Gasteiger charge is -2.04. The highest BCUT2D eigenvalue weighted by Crippen LogP contribution is 2.26. The summed E-state index contributed by atoms with van der Waals surface area (Å²) in [5.74, 6) is 0. The van der Waals surface area contributed by atoms with Crippen LogP contribution in [0.3, 0.4) is 0 Å². The number of rotatable bonds is 5. The van der Waals surface area contributed by atoms with E-state index < -0.39 is 6.09 Å². The van der Waals surface area contributed by atoms with Crippen LogP contribution in [-0.2, 0) is 11.3 Å². The highest BCUT2D eigenvalue weighted by molar-refractivity contribution is 7.13. The number of nitrogens with one attached hydrogen (secondary N) is 1. The van der Waals surface area contributed by atoms with Crippen LogP contribution in [0.15, 0.2) is 71.1 Å². The molecule has 3 aromatic heterocycles. The van der Waals surface area contributed by atoms with Crippen molar-refractivity contribution in [1.29, 1.82) is 0 Å². The highest BCUT2D eigenvalue weighted by Gasteiger charge is 2.09. The van der Waals surface area contributed by atoms with E-state index in [1.807, 2.05) is 55.6 Å². The van der Waals surface area contributed by atoms with Crippen LogP contribution in [0, 0.1) is 6.92 Å². The number of thiazole rings is 1. The van der Waals surface area contributed by atoms with Crippen molar-refractivity contribution < 1.29 is 9.53 Å². The van der Waals surface area contributed by atoms with Crippen molar-refractivity contribution in [3.8, 4) is 22.0 Å². The van der Waals surface area contributed by atoms with E-state index in [1.165, 1.54) is 22.1 Å². The lowest BCUT2D eigenvalue weighted by molar-refractivity contribution is 0.168. The van der Waals surface area contributed by atoms with Crippen LogP contribution in [0.25, 0.3) is 22.0 Å². The summed E-state index contributed by atoms with van der Waals surface area (Å²) in [6.45, 7) is 6.57. The maximum atomic E-state index is 11.5. The average Bonchev–Trinajstić information content (AvgIpc) is 3.31. The van der Waals surface area contributed by atoms with Crippen LogP contribution < -0.4 is 10.9 Å². The minimum atomic E-state index is -0.409. The Balaban J connectivity index is 0.000000205. The smallest absolute Gasteiger partial charge is 0.411 e. The molecule has 1 aromatic carbocycles. The molecule has 4 rings (SSSR count). The van der Waals surface area contributed by atoms with Crippen molar-refractivity contribution in [2.75, 3.05) is 11.9 Å². The van der Waals surface area contributed by atoms with Gasteiger partial charge in [0.15, 0.2) is 0 Å². The molecule has 0 saturated heterocycles. The van der Waals surface area contributed by atoms with Crippen molar-refractivity contribution in [2.45, 2.75) is 27.3 Å². The quantitative estimate of drug-likeness (QED) is 0.447. The summed E-state index contributed by atoms with van der Waals surface area (Å²) in [7, 11) is 0. The number of benzene rings is 1. The van der Waals surface area contributed by atoms with E-state index in [9.17, 15) is 9.59 Å². The maximum absolute atomic E-state index is 11.5.